The minimum absolute atomic E-state index is 0.0777. The zero-order chi connectivity index (χ0) is 51.3. The van der Waals surface area contributed by atoms with Gasteiger partial charge in [0.25, 0.3) is 0 Å². The molecule has 0 bridgehead atoms. The number of carbonyl (C=O) groups excluding carboxylic acids is 1. The molecule has 0 fully saturated rings. The number of likely N-dealkylation sites (N-methyl/N-ethyl adjacent to an activating group) is 1. The molecule has 1 amide bonds. The molecule has 0 aromatic carbocycles. The average Bonchev–Trinajstić information content (AvgIpc) is 3.32. The Balaban J connectivity index is 4.09. The molecule has 0 heterocycles. The van der Waals surface area contributed by atoms with Gasteiger partial charge >= 0.3 is 7.82 Å². The first-order valence-corrected chi connectivity index (χ1v) is 32.5. The fourth-order valence-electron chi connectivity index (χ4n) is 9.63. The molecule has 0 aromatic rings. The van der Waals surface area contributed by atoms with Crippen molar-refractivity contribution in [1.82, 2.24) is 5.32 Å². The van der Waals surface area contributed by atoms with Gasteiger partial charge in [0.1, 0.15) is 13.2 Å². The zero-order valence-electron chi connectivity index (χ0n) is 47.8. The van der Waals surface area contributed by atoms with Gasteiger partial charge in [-0.25, -0.2) is 4.57 Å². The molecule has 0 aliphatic rings. The molecular weight excluding hydrogens is 888 g/mol. The van der Waals surface area contributed by atoms with Crippen LogP contribution in [0.15, 0.2) is 12.2 Å². The topological polar surface area (TPSA) is 105 Å². The van der Waals surface area contributed by atoms with Gasteiger partial charge < -0.3 is 19.8 Å². The largest absolute Gasteiger partial charge is 0.472 e. The van der Waals surface area contributed by atoms with Crippen LogP contribution < -0.4 is 5.32 Å². The van der Waals surface area contributed by atoms with Crippen LogP contribution in [0.25, 0.3) is 0 Å². The highest BCUT2D eigenvalue weighted by molar-refractivity contribution is 7.47. The summed E-state index contributed by atoms with van der Waals surface area (Å²) in [5.41, 5.74) is 0. The van der Waals surface area contributed by atoms with Crippen molar-refractivity contribution in [2.75, 3.05) is 40.9 Å². The molecular formula is C61H124N2O6P+. The number of rotatable bonds is 58. The zero-order valence-corrected chi connectivity index (χ0v) is 48.7. The van der Waals surface area contributed by atoms with Crippen molar-refractivity contribution in [2.24, 2.45) is 0 Å². The second kappa shape index (κ2) is 53.1. The van der Waals surface area contributed by atoms with E-state index in [2.05, 4.69) is 31.3 Å². The van der Waals surface area contributed by atoms with E-state index in [-0.39, 0.29) is 19.1 Å². The third-order valence-electron chi connectivity index (χ3n) is 14.5. The van der Waals surface area contributed by atoms with Crippen molar-refractivity contribution < 1.29 is 32.9 Å². The molecule has 418 valence electrons. The Morgan fingerprint density at radius 2 is 0.771 bits per heavy atom. The molecule has 0 aliphatic carbocycles. The van der Waals surface area contributed by atoms with Gasteiger partial charge in [0, 0.05) is 6.42 Å². The van der Waals surface area contributed by atoms with E-state index in [0.29, 0.717) is 23.9 Å². The minimum Gasteiger partial charge on any atom is -0.391 e. The second-order valence-corrected chi connectivity index (χ2v) is 24.2. The Morgan fingerprint density at radius 1 is 0.471 bits per heavy atom. The van der Waals surface area contributed by atoms with Crippen LogP contribution >= 0.6 is 7.82 Å². The first-order valence-electron chi connectivity index (χ1n) is 31.1. The summed E-state index contributed by atoms with van der Waals surface area (Å²) in [5.74, 6) is -0.138. The highest BCUT2D eigenvalue weighted by atomic mass is 31.2. The number of phosphoric acid groups is 1. The lowest BCUT2D eigenvalue weighted by atomic mass is 10.0. The normalized spacial score (nSPS) is 13.9. The highest BCUT2D eigenvalue weighted by Crippen LogP contribution is 2.43. The van der Waals surface area contributed by atoms with Crippen LogP contribution in [0.5, 0.6) is 0 Å². The molecule has 0 aromatic heterocycles. The smallest absolute Gasteiger partial charge is 0.391 e. The minimum atomic E-state index is -4.32. The average molecular weight is 1010 g/mol. The van der Waals surface area contributed by atoms with E-state index in [4.69, 9.17) is 9.05 Å². The summed E-state index contributed by atoms with van der Waals surface area (Å²) < 4.78 is 23.8. The third-order valence-corrected chi connectivity index (χ3v) is 15.5. The van der Waals surface area contributed by atoms with E-state index < -0.39 is 20.0 Å². The lowest BCUT2D eigenvalue weighted by Gasteiger charge is -2.26. The van der Waals surface area contributed by atoms with Crippen LogP contribution in [0.3, 0.4) is 0 Å². The van der Waals surface area contributed by atoms with Crippen molar-refractivity contribution in [1.29, 1.82) is 0 Å². The lowest BCUT2D eigenvalue weighted by Crippen LogP contribution is -2.46. The quantitative estimate of drug-likeness (QED) is 0.0243. The maximum Gasteiger partial charge on any atom is 0.472 e. The Hall–Kier alpha value is -0.760. The first-order chi connectivity index (χ1) is 34.0. The van der Waals surface area contributed by atoms with Gasteiger partial charge in [-0.2, -0.15) is 0 Å². The molecule has 0 rings (SSSR count). The van der Waals surface area contributed by atoms with Gasteiger partial charge in [0.2, 0.25) is 5.91 Å². The molecule has 8 nitrogen and oxygen atoms in total. The number of phosphoric ester groups is 1. The summed E-state index contributed by atoms with van der Waals surface area (Å²) in [5, 5.41) is 14.1. The van der Waals surface area contributed by atoms with Gasteiger partial charge in [0.15, 0.2) is 0 Å². The Labute approximate surface area is 437 Å². The van der Waals surface area contributed by atoms with E-state index >= 15 is 0 Å². The molecule has 3 atom stereocenters. The number of allylic oxidation sites excluding steroid dienone is 2. The number of quaternary nitrogens is 1. The molecule has 9 heteroatoms. The number of aliphatic hydroxyl groups excluding tert-OH is 1. The summed E-state index contributed by atoms with van der Waals surface area (Å²) in [6.07, 6.45) is 65.6. The number of nitrogens with one attached hydrogen (secondary N) is 1. The van der Waals surface area contributed by atoms with E-state index in [9.17, 15) is 19.4 Å². The van der Waals surface area contributed by atoms with Crippen LogP contribution in [-0.4, -0.2) is 73.4 Å². The molecule has 0 saturated carbocycles. The predicted molar refractivity (Wildman–Crippen MR) is 305 cm³/mol. The standard InChI is InChI=1S/C61H123N2O6P/c1-6-8-10-12-14-16-18-20-22-24-26-28-30-31-33-35-37-39-41-43-45-47-49-51-53-55-61(65)62-59(58-69-70(66,67)68-57-56-63(3,4)5)60(64)54-52-50-48-46-44-42-40-38-36-34-32-29-27-25-23-21-19-17-15-13-11-9-7-2/h24,26,59-60,64H,6-23,25,27-58H2,1-5H3,(H-,62,65,66,67)/p+1/b26-24-. The van der Waals surface area contributed by atoms with Gasteiger partial charge in [0.05, 0.1) is 39.9 Å². The van der Waals surface area contributed by atoms with Crippen molar-refractivity contribution >= 4 is 13.7 Å². The summed E-state index contributed by atoms with van der Waals surface area (Å²) in [4.78, 5) is 23.4. The highest BCUT2D eigenvalue weighted by Gasteiger charge is 2.28. The first kappa shape index (κ1) is 69.2. The number of amides is 1. The van der Waals surface area contributed by atoms with Gasteiger partial charge in [-0.1, -0.05) is 289 Å². The summed E-state index contributed by atoms with van der Waals surface area (Å²) in [6, 6.07) is -0.758. The number of nitrogens with zero attached hydrogens (tertiary/aromatic N) is 1. The molecule has 3 unspecified atom stereocenters. The molecule has 0 aliphatic heterocycles. The van der Waals surface area contributed by atoms with Crippen molar-refractivity contribution in [3.63, 3.8) is 0 Å². The molecule has 3 N–H and O–H groups in total. The fraction of sp³-hybridized carbons (Fsp3) is 0.951. The Bertz CT molecular complexity index is 1150. The monoisotopic (exact) mass is 1010 g/mol. The lowest BCUT2D eigenvalue weighted by molar-refractivity contribution is -0.870. The molecule has 70 heavy (non-hydrogen) atoms. The maximum atomic E-state index is 13.0. The van der Waals surface area contributed by atoms with Crippen LogP contribution in [0.1, 0.15) is 322 Å². The fourth-order valence-corrected chi connectivity index (χ4v) is 10.4. The van der Waals surface area contributed by atoms with E-state index in [1.165, 1.54) is 257 Å². The molecule has 0 saturated heterocycles. The number of unbranched alkanes of at least 4 members (excludes halogenated alkanes) is 43. The van der Waals surface area contributed by atoms with E-state index in [1.54, 1.807) is 0 Å². The van der Waals surface area contributed by atoms with Crippen LogP contribution in [0.2, 0.25) is 0 Å². The van der Waals surface area contributed by atoms with E-state index in [0.717, 1.165) is 38.5 Å². The van der Waals surface area contributed by atoms with Crippen molar-refractivity contribution in [2.45, 2.75) is 334 Å². The number of hydrogen-bond acceptors (Lipinski definition) is 5. The Morgan fingerprint density at radius 3 is 1.10 bits per heavy atom. The number of aliphatic hydroxyl groups is 1. The van der Waals surface area contributed by atoms with Gasteiger partial charge in [-0.05, 0) is 38.5 Å². The van der Waals surface area contributed by atoms with Crippen molar-refractivity contribution in [3.05, 3.63) is 12.2 Å². The summed E-state index contributed by atoms with van der Waals surface area (Å²) >= 11 is 0. The van der Waals surface area contributed by atoms with Gasteiger partial charge in [-0.3, -0.25) is 13.8 Å². The van der Waals surface area contributed by atoms with Crippen LogP contribution in [0, 0.1) is 0 Å². The SMILES string of the molecule is CCCCCCCCCC/C=C\CCCCCCCCCCCCCCCC(=O)NC(COP(=O)(O)OCC[N+](C)(C)C)C(O)CCCCCCCCCCCCCCCCCCCCCCCCC. The van der Waals surface area contributed by atoms with E-state index in [1.807, 2.05) is 21.1 Å². The van der Waals surface area contributed by atoms with Gasteiger partial charge in [-0.15, -0.1) is 0 Å². The van der Waals surface area contributed by atoms with Crippen molar-refractivity contribution in [3.8, 4) is 0 Å². The number of hydrogen-bond donors (Lipinski definition) is 3. The predicted octanol–water partition coefficient (Wildman–Crippen LogP) is 19.0. The third kappa shape index (κ3) is 55.0. The maximum absolute atomic E-state index is 13.0. The summed E-state index contributed by atoms with van der Waals surface area (Å²) in [6.45, 7) is 4.94. The van der Waals surface area contributed by atoms with Crippen LogP contribution in [-0.2, 0) is 18.4 Å². The molecule has 0 radical (unpaired) electrons. The summed E-state index contributed by atoms with van der Waals surface area (Å²) in [7, 11) is 1.63. The Kier molecular flexibility index (Phi) is 52.5. The van der Waals surface area contributed by atoms with Crippen LogP contribution in [0.4, 0.5) is 0 Å². The molecule has 0 spiro atoms. The number of carbonyl (C=O) groups is 1. The second-order valence-electron chi connectivity index (χ2n) is 22.8.